The first-order chi connectivity index (χ1) is 7.31. The second-order valence-electron chi connectivity index (χ2n) is 3.10. The molecule has 0 aliphatic carbocycles. The summed E-state index contributed by atoms with van der Waals surface area (Å²) in [6.07, 6.45) is 0.889. The Morgan fingerprint density at radius 1 is 1.53 bits per heavy atom. The predicted octanol–water partition coefficient (Wildman–Crippen LogP) is 1.33. The SMILES string of the molecule is COc1ccc(C#N)cc1NCCCN. The fourth-order valence-electron chi connectivity index (χ4n) is 1.24. The average Bonchev–Trinajstić information content (AvgIpc) is 2.29. The van der Waals surface area contributed by atoms with Crippen LogP contribution < -0.4 is 15.8 Å². The van der Waals surface area contributed by atoms with Crippen LogP contribution in [0.15, 0.2) is 18.2 Å². The molecule has 0 saturated heterocycles. The standard InChI is InChI=1S/C11H15N3O/c1-15-11-4-3-9(8-13)7-10(11)14-6-2-5-12/h3-4,7,14H,2,5-6,12H2,1H3. The Kier molecular flexibility index (Phi) is 4.45. The van der Waals surface area contributed by atoms with Crippen LogP contribution in [0.2, 0.25) is 0 Å². The monoisotopic (exact) mass is 205 g/mol. The Bertz CT molecular complexity index is 357. The Hall–Kier alpha value is -1.73. The van der Waals surface area contributed by atoms with Crippen molar-refractivity contribution in [3.05, 3.63) is 23.8 Å². The van der Waals surface area contributed by atoms with Gasteiger partial charge < -0.3 is 15.8 Å². The number of anilines is 1. The fraction of sp³-hybridized carbons (Fsp3) is 0.364. The first-order valence-corrected chi connectivity index (χ1v) is 4.84. The summed E-state index contributed by atoms with van der Waals surface area (Å²) in [6, 6.07) is 7.37. The van der Waals surface area contributed by atoms with E-state index in [0.717, 1.165) is 24.4 Å². The number of methoxy groups -OCH3 is 1. The van der Waals surface area contributed by atoms with Crippen molar-refractivity contribution in [2.45, 2.75) is 6.42 Å². The van der Waals surface area contributed by atoms with E-state index in [1.165, 1.54) is 0 Å². The number of nitrogens with one attached hydrogen (secondary N) is 1. The maximum Gasteiger partial charge on any atom is 0.142 e. The number of ether oxygens (including phenoxy) is 1. The van der Waals surface area contributed by atoms with Gasteiger partial charge in [-0.05, 0) is 31.2 Å². The van der Waals surface area contributed by atoms with Gasteiger partial charge in [0.2, 0.25) is 0 Å². The van der Waals surface area contributed by atoms with E-state index in [2.05, 4.69) is 11.4 Å². The van der Waals surface area contributed by atoms with Crippen LogP contribution in [0.3, 0.4) is 0 Å². The van der Waals surface area contributed by atoms with Gasteiger partial charge in [-0.1, -0.05) is 0 Å². The van der Waals surface area contributed by atoms with Gasteiger partial charge in [-0.15, -0.1) is 0 Å². The predicted molar refractivity (Wildman–Crippen MR) is 59.9 cm³/mol. The lowest BCUT2D eigenvalue weighted by Gasteiger charge is -2.10. The van der Waals surface area contributed by atoms with Gasteiger partial charge in [-0.3, -0.25) is 0 Å². The summed E-state index contributed by atoms with van der Waals surface area (Å²) in [5.74, 6) is 0.742. The summed E-state index contributed by atoms with van der Waals surface area (Å²) in [4.78, 5) is 0. The van der Waals surface area contributed by atoms with E-state index in [1.54, 1.807) is 25.3 Å². The molecule has 4 heteroatoms. The summed E-state index contributed by atoms with van der Waals surface area (Å²) in [5, 5.41) is 11.9. The van der Waals surface area contributed by atoms with Gasteiger partial charge in [0.05, 0.1) is 24.4 Å². The van der Waals surface area contributed by atoms with Crippen LogP contribution >= 0.6 is 0 Å². The highest BCUT2D eigenvalue weighted by atomic mass is 16.5. The van der Waals surface area contributed by atoms with Crippen molar-refractivity contribution in [2.24, 2.45) is 5.73 Å². The summed E-state index contributed by atoms with van der Waals surface area (Å²) >= 11 is 0. The van der Waals surface area contributed by atoms with Crippen molar-refractivity contribution >= 4 is 5.69 Å². The van der Waals surface area contributed by atoms with Gasteiger partial charge in [0.25, 0.3) is 0 Å². The maximum atomic E-state index is 8.76. The first kappa shape index (κ1) is 11.3. The molecule has 0 saturated carbocycles. The molecule has 0 heterocycles. The molecule has 0 atom stereocenters. The van der Waals surface area contributed by atoms with Crippen LogP contribution in [0, 0.1) is 11.3 Å². The quantitative estimate of drug-likeness (QED) is 0.711. The molecule has 4 nitrogen and oxygen atoms in total. The molecule has 0 bridgehead atoms. The lowest BCUT2D eigenvalue weighted by molar-refractivity contribution is 0.416. The van der Waals surface area contributed by atoms with Crippen molar-refractivity contribution in [1.82, 2.24) is 0 Å². The number of hydrogen-bond donors (Lipinski definition) is 2. The van der Waals surface area contributed by atoms with E-state index < -0.39 is 0 Å². The molecule has 3 N–H and O–H groups in total. The van der Waals surface area contributed by atoms with Crippen LogP contribution in [0.4, 0.5) is 5.69 Å². The topological polar surface area (TPSA) is 71.1 Å². The van der Waals surface area contributed by atoms with Crippen molar-refractivity contribution < 1.29 is 4.74 Å². The third-order valence-electron chi connectivity index (χ3n) is 2.02. The Morgan fingerprint density at radius 2 is 2.33 bits per heavy atom. The number of benzene rings is 1. The normalized spacial score (nSPS) is 9.40. The molecule has 0 fully saturated rings. The van der Waals surface area contributed by atoms with Gasteiger partial charge >= 0.3 is 0 Å². The fourth-order valence-corrected chi connectivity index (χ4v) is 1.24. The first-order valence-electron chi connectivity index (χ1n) is 4.84. The third kappa shape index (κ3) is 3.15. The summed E-state index contributed by atoms with van der Waals surface area (Å²) < 4.78 is 5.17. The molecular weight excluding hydrogens is 190 g/mol. The highest BCUT2D eigenvalue weighted by Crippen LogP contribution is 2.24. The Morgan fingerprint density at radius 3 is 2.93 bits per heavy atom. The van der Waals surface area contributed by atoms with Crippen LogP contribution in [0.1, 0.15) is 12.0 Å². The largest absolute Gasteiger partial charge is 0.495 e. The van der Waals surface area contributed by atoms with E-state index in [4.69, 9.17) is 15.7 Å². The molecule has 0 radical (unpaired) electrons. The summed E-state index contributed by atoms with van der Waals surface area (Å²) in [7, 11) is 1.61. The average molecular weight is 205 g/mol. The van der Waals surface area contributed by atoms with Crippen LogP contribution in [-0.2, 0) is 0 Å². The Labute approximate surface area is 89.7 Å². The summed E-state index contributed by atoms with van der Waals surface area (Å²) in [5.41, 5.74) is 6.85. The van der Waals surface area contributed by atoms with Crippen molar-refractivity contribution in [3.8, 4) is 11.8 Å². The van der Waals surface area contributed by atoms with E-state index in [0.29, 0.717) is 12.1 Å². The van der Waals surface area contributed by atoms with E-state index in [1.807, 2.05) is 0 Å². The lowest BCUT2D eigenvalue weighted by atomic mass is 10.2. The van der Waals surface area contributed by atoms with Crippen molar-refractivity contribution in [3.63, 3.8) is 0 Å². The molecular formula is C11H15N3O. The molecule has 0 unspecified atom stereocenters. The second kappa shape index (κ2) is 5.89. The van der Waals surface area contributed by atoms with Crippen LogP contribution in [-0.4, -0.2) is 20.2 Å². The smallest absolute Gasteiger partial charge is 0.142 e. The number of nitrogens with zero attached hydrogens (tertiary/aromatic N) is 1. The zero-order chi connectivity index (χ0) is 11.1. The van der Waals surface area contributed by atoms with Crippen LogP contribution in [0.25, 0.3) is 0 Å². The molecule has 0 amide bonds. The highest BCUT2D eigenvalue weighted by molar-refractivity contribution is 5.59. The van der Waals surface area contributed by atoms with E-state index >= 15 is 0 Å². The van der Waals surface area contributed by atoms with E-state index in [-0.39, 0.29) is 0 Å². The van der Waals surface area contributed by atoms with Crippen LogP contribution in [0.5, 0.6) is 5.75 Å². The molecule has 1 aromatic carbocycles. The minimum Gasteiger partial charge on any atom is -0.495 e. The minimum absolute atomic E-state index is 0.617. The van der Waals surface area contributed by atoms with Crippen molar-refractivity contribution in [1.29, 1.82) is 5.26 Å². The molecule has 0 aliphatic heterocycles. The Balaban J connectivity index is 2.78. The maximum absolute atomic E-state index is 8.76. The van der Waals surface area contributed by atoms with Gasteiger partial charge in [0, 0.05) is 6.54 Å². The molecule has 0 spiro atoms. The zero-order valence-electron chi connectivity index (χ0n) is 8.79. The van der Waals surface area contributed by atoms with Gasteiger partial charge in [-0.25, -0.2) is 0 Å². The number of hydrogen-bond acceptors (Lipinski definition) is 4. The molecule has 1 aromatic rings. The summed E-state index contributed by atoms with van der Waals surface area (Å²) in [6.45, 7) is 1.43. The van der Waals surface area contributed by atoms with Gasteiger partial charge in [0.15, 0.2) is 0 Å². The number of nitriles is 1. The number of nitrogens with two attached hydrogens (primary N) is 1. The highest BCUT2D eigenvalue weighted by Gasteiger charge is 2.02. The molecule has 0 aromatic heterocycles. The lowest BCUT2D eigenvalue weighted by Crippen LogP contribution is -2.09. The minimum atomic E-state index is 0.617. The molecule has 15 heavy (non-hydrogen) atoms. The third-order valence-corrected chi connectivity index (χ3v) is 2.02. The van der Waals surface area contributed by atoms with Gasteiger partial charge in [0.1, 0.15) is 5.75 Å². The van der Waals surface area contributed by atoms with E-state index in [9.17, 15) is 0 Å². The molecule has 1 rings (SSSR count). The van der Waals surface area contributed by atoms with Gasteiger partial charge in [-0.2, -0.15) is 5.26 Å². The second-order valence-corrected chi connectivity index (χ2v) is 3.10. The molecule has 80 valence electrons. The molecule has 0 aliphatic rings. The number of rotatable bonds is 5. The zero-order valence-corrected chi connectivity index (χ0v) is 8.79. The van der Waals surface area contributed by atoms with Crippen molar-refractivity contribution in [2.75, 3.05) is 25.5 Å².